The number of carbonyl (C=O) groups is 4. The highest BCUT2D eigenvalue weighted by atomic mass is 16.5. The van der Waals surface area contributed by atoms with E-state index in [1.807, 2.05) is 49.6 Å². The maximum absolute atomic E-state index is 13.3. The first-order chi connectivity index (χ1) is 27.5. The minimum Gasteiger partial charge on any atom is -0.495 e. The van der Waals surface area contributed by atoms with Crippen molar-refractivity contribution >= 4 is 45.9 Å². The summed E-state index contributed by atoms with van der Waals surface area (Å²) in [5.41, 5.74) is 4.09. The third-order valence-corrected chi connectivity index (χ3v) is 12.1. The fourth-order valence-electron chi connectivity index (χ4n) is 8.64. The molecular formula is C42H49N9O6. The van der Waals surface area contributed by atoms with Crippen LogP contribution in [-0.2, 0) is 23.2 Å². The van der Waals surface area contributed by atoms with Crippen LogP contribution >= 0.6 is 0 Å². The van der Waals surface area contributed by atoms with Crippen LogP contribution in [0, 0.1) is 5.92 Å². The number of nitrogens with zero attached hydrogens (tertiary/aromatic N) is 8. The molecule has 0 radical (unpaired) electrons. The van der Waals surface area contributed by atoms with Gasteiger partial charge in [0.15, 0.2) is 0 Å². The fourth-order valence-corrected chi connectivity index (χ4v) is 8.64. The van der Waals surface area contributed by atoms with Crippen molar-refractivity contribution in [3.05, 3.63) is 76.1 Å². The van der Waals surface area contributed by atoms with Gasteiger partial charge in [0.1, 0.15) is 17.6 Å². The number of likely N-dealkylation sites (tertiary alicyclic amines) is 1. The zero-order chi connectivity index (χ0) is 40.0. The smallest absolute Gasteiger partial charge is 0.262 e. The topological polar surface area (TPSA) is 154 Å². The van der Waals surface area contributed by atoms with Gasteiger partial charge in [0.2, 0.25) is 11.8 Å². The molecule has 57 heavy (non-hydrogen) atoms. The second-order valence-electron chi connectivity index (χ2n) is 15.8. The summed E-state index contributed by atoms with van der Waals surface area (Å²) in [6.45, 7) is 7.20. The number of imide groups is 2. The predicted octanol–water partition coefficient (Wildman–Crippen LogP) is 2.90. The van der Waals surface area contributed by atoms with Crippen molar-refractivity contribution in [1.29, 1.82) is 0 Å². The number of fused-ring (bicyclic) bond motifs is 2. The molecule has 4 amide bonds. The number of amides is 4. The van der Waals surface area contributed by atoms with E-state index in [1.165, 1.54) is 0 Å². The highest BCUT2D eigenvalue weighted by Gasteiger charge is 2.45. The van der Waals surface area contributed by atoms with Gasteiger partial charge >= 0.3 is 0 Å². The lowest BCUT2D eigenvalue weighted by atomic mass is 9.93. The van der Waals surface area contributed by atoms with Crippen LogP contribution in [0.3, 0.4) is 0 Å². The SMILES string of the molecule is COc1cc(-c2cn(C)c(=O)c3cnc(N(C)C)cc23)cnc1CN1CCC(CCN2CCN(c3ccc4c(c3)C(=O)N(C3CCC(=O)NC3=O)C4=O)CC2)CC1. The van der Waals surface area contributed by atoms with Crippen molar-refractivity contribution in [2.24, 2.45) is 13.0 Å². The van der Waals surface area contributed by atoms with Gasteiger partial charge in [-0.25, -0.2) is 4.98 Å². The summed E-state index contributed by atoms with van der Waals surface area (Å²) in [4.78, 5) is 82.9. The van der Waals surface area contributed by atoms with Crippen molar-refractivity contribution in [2.75, 3.05) is 76.8 Å². The van der Waals surface area contributed by atoms with Gasteiger partial charge in [-0.05, 0) is 81.6 Å². The highest BCUT2D eigenvalue weighted by molar-refractivity contribution is 6.23. The molecule has 0 aliphatic carbocycles. The summed E-state index contributed by atoms with van der Waals surface area (Å²) in [6.07, 6.45) is 9.02. The maximum Gasteiger partial charge on any atom is 0.262 e. The maximum atomic E-state index is 13.3. The lowest BCUT2D eigenvalue weighted by molar-refractivity contribution is -0.136. The van der Waals surface area contributed by atoms with Crippen molar-refractivity contribution in [3.63, 3.8) is 0 Å². The number of piperidine rings is 2. The van der Waals surface area contributed by atoms with E-state index >= 15 is 0 Å². The summed E-state index contributed by atoms with van der Waals surface area (Å²) in [5.74, 6) is 0.205. The van der Waals surface area contributed by atoms with E-state index in [1.54, 1.807) is 37.1 Å². The molecule has 7 heterocycles. The monoisotopic (exact) mass is 775 g/mol. The Kier molecular flexibility index (Phi) is 10.5. The van der Waals surface area contributed by atoms with Crippen molar-refractivity contribution in [1.82, 2.24) is 34.6 Å². The number of aryl methyl sites for hydroxylation is 1. The molecule has 3 aromatic heterocycles. The molecule has 0 saturated carbocycles. The molecule has 3 fully saturated rings. The second kappa shape index (κ2) is 15.7. The van der Waals surface area contributed by atoms with Crippen LogP contribution in [0.15, 0.2) is 53.7 Å². The van der Waals surface area contributed by atoms with Crippen LogP contribution in [0.4, 0.5) is 11.5 Å². The largest absolute Gasteiger partial charge is 0.495 e. The number of anilines is 2. The van der Waals surface area contributed by atoms with Gasteiger partial charge in [-0.1, -0.05) is 0 Å². The number of rotatable bonds is 10. The Balaban J connectivity index is 0.824. The van der Waals surface area contributed by atoms with E-state index in [-0.39, 0.29) is 24.3 Å². The fraction of sp³-hybridized carbons (Fsp3) is 0.452. The first-order valence-electron chi connectivity index (χ1n) is 19.7. The summed E-state index contributed by atoms with van der Waals surface area (Å²) in [5, 5.41) is 3.64. The number of carbonyl (C=O) groups excluding carboxylic acids is 4. The van der Waals surface area contributed by atoms with Crippen molar-refractivity contribution in [2.45, 2.75) is 44.7 Å². The van der Waals surface area contributed by atoms with Gasteiger partial charge in [0.05, 0.1) is 29.3 Å². The van der Waals surface area contributed by atoms with Gasteiger partial charge in [-0.15, -0.1) is 0 Å². The van der Waals surface area contributed by atoms with Crippen LogP contribution in [-0.4, -0.2) is 126 Å². The van der Waals surface area contributed by atoms with E-state index < -0.39 is 23.8 Å². The minimum absolute atomic E-state index is 0.0937. The number of piperazine rings is 1. The van der Waals surface area contributed by atoms with E-state index in [2.05, 4.69) is 25.0 Å². The summed E-state index contributed by atoms with van der Waals surface area (Å²) in [7, 11) is 7.29. The molecule has 1 atom stereocenters. The number of benzene rings is 1. The minimum atomic E-state index is -0.967. The molecule has 1 N–H and O–H groups in total. The molecule has 4 aliphatic rings. The van der Waals surface area contributed by atoms with Crippen molar-refractivity contribution < 1.29 is 23.9 Å². The lowest BCUT2D eigenvalue weighted by Crippen LogP contribution is -2.54. The predicted molar refractivity (Wildman–Crippen MR) is 215 cm³/mol. The molecule has 0 spiro atoms. The standard InChI is InChI=1S/C42H49N9O6/c1-46(2)37-21-30-32(23-44-37)40(54)47(3)24-33(30)27-19-36(57-4)34(43-22-27)25-49-13-10-26(11-14-49)9-12-48-15-17-50(18-16-48)28-5-6-29-31(20-28)42(56)51(41(29)55)35-7-8-38(52)45-39(35)53/h5-6,19-24,26,35H,7-18,25H2,1-4H3,(H,45,52,53). The Morgan fingerprint density at radius 2 is 1.58 bits per heavy atom. The third kappa shape index (κ3) is 7.48. The Morgan fingerprint density at radius 1 is 0.825 bits per heavy atom. The van der Waals surface area contributed by atoms with E-state index in [9.17, 15) is 24.0 Å². The lowest BCUT2D eigenvalue weighted by Gasteiger charge is -2.37. The van der Waals surface area contributed by atoms with Gasteiger partial charge in [0.25, 0.3) is 17.4 Å². The summed E-state index contributed by atoms with van der Waals surface area (Å²) < 4.78 is 7.45. The van der Waals surface area contributed by atoms with Gasteiger partial charge in [-0.2, -0.15) is 0 Å². The normalized spacial score (nSPS) is 19.7. The van der Waals surface area contributed by atoms with Crippen LogP contribution in [0.25, 0.3) is 21.9 Å². The zero-order valence-corrected chi connectivity index (χ0v) is 33.0. The molecule has 4 aliphatic heterocycles. The Labute approximate surface area is 331 Å². The number of hydrogen-bond acceptors (Lipinski definition) is 12. The summed E-state index contributed by atoms with van der Waals surface area (Å²) in [6, 6.07) is 8.35. The molecule has 1 aromatic carbocycles. The molecule has 8 rings (SSSR count). The molecule has 15 nitrogen and oxygen atoms in total. The van der Waals surface area contributed by atoms with Gasteiger partial charge in [0, 0.05) is 101 Å². The van der Waals surface area contributed by atoms with E-state index in [0.717, 1.165) is 109 Å². The summed E-state index contributed by atoms with van der Waals surface area (Å²) >= 11 is 0. The molecule has 15 heteroatoms. The Morgan fingerprint density at radius 3 is 2.30 bits per heavy atom. The second-order valence-corrected chi connectivity index (χ2v) is 15.8. The number of ether oxygens (including phenoxy) is 1. The number of methoxy groups -OCH3 is 1. The molecule has 4 aromatic rings. The zero-order valence-electron chi connectivity index (χ0n) is 33.0. The molecule has 298 valence electrons. The molecular weight excluding hydrogens is 727 g/mol. The highest BCUT2D eigenvalue weighted by Crippen LogP contribution is 2.34. The number of aromatic nitrogens is 3. The van der Waals surface area contributed by atoms with Gasteiger partial charge in [-0.3, -0.25) is 49.0 Å². The number of hydrogen-bond donors (Lipinski definition) is 1. The van der Waals surface area contributed by atoms with Crippen LogP contribution in [0.5, 0.6) is 5.75 Å². The Hall–Kier alpha value is -5.67. The average molecular weight is 776 g/mol. The van der Waals surface area contributed by atoms with Crippen LogP contribution in [0.2, 0.25) is 0 Å². The quantitative estimate of drug-likeness (QED) is 0.236. The Bertz CT molecular complexity index is 2310. The molecule has 0 bridgehead atoms. The third-order valence-electron chi connectivity index (χ3n) is 12.1. The first-order valence-corrected chi connectivity index (χ1v) is 19.7. The van der Waals surface area contributed by atoms with Crippen LogP contribution < -0.4 is 25.4 Å². The number of pyridine rings is 3. The number of nitrogens with one attached hydrogen (secondary N) is 1. The van der Waals surface area contributed by atoms with Crippen molar-refractivity contribution in [3.8, 4) is 16.9 Å². The van der Waals surface area contributed by atoms with E-state index in [0.29, 0.717) is 29.0 Å². The first kappa shape index (κ1) is 38.2. The van der Waals surface area contributed by atoms with Crippen LogP contribution in [0.1, 0.15) is 58.5 Å². The van der Waals surface area contributed by atoms with Gasteiger partial charge < -0.3 is 19.1 Å². The molecule has 1 unspecified atom stereocenters. The average Bonchev–Trinajstić information content (AvgIpc) is 3.46. The van der Waals surface area contributed by atoms with E-state index in [4.69, 9.17) is 9.72 Å². The molecule has 3 saturated heterocycles.